The number of hydrogen-bond donors (Lipinski definition) is 3. The first kappa shape index (κ1) is 20.6. The summed E-state index contributed by atoms with van der Waals surface area (Å²) in [5.41, 5.74) is 1.94. The molecule has 3 N–H and O–H groups in total. The van der Waals surface area contributed by atoms with Gasteiger partial charge in [-0.05, 0) is 41.8 Å². The molecule has 0 radical (unpaired) electrons. The highest BCUT2D eigenvalue weighted by Crippen LogP contribution is 2.30. The van der Waals surface area contributed by atoms with Gasteiger partial charge < -0.3 is 15.2 Å². The smallest absolute Gasteiger partial charge is 0.261 e. The SMILES string of the molecule is COc1cccc(CNc2ccc(S(=O)(=O)Nc3cccc4ccccc34)cc2)c1O. The molecular formula is C24H22N2O4S. The van der Waals surface area contributed by atoms with Gasteiger partial charge >= 0.3 is 0 Å². The van der Waals surface area contributed by atoms with Crippen molar-refractivity contribution in [1.82, 2.24) is 0 Å². The number of phenolic OH excluding ortho intramolecular Hbond substituents is 1. The van der Waals surface area contributed by atoms with Crippen molar-refractivity contribution in [2.75, 3.05) is 17.1 Å². The van der Waals surface area contributed by atoms with E-state index >= 15 is 0 Å². The van der Waals surface area contributed by atoms with E-state index in [0.29, 0.717) is 23.5 Å². The lowest BCUT2D eigenvalue weighted by atomic mass is 10.1. The first-order chi connectivity index (χ1) is 15.0. The van der Waals surface area contributed by atoms with Crippen LogP contribution in [-0.2, 0) is 16.6 Å². The van der Waals surface area contributed by atoms with Crippen LogP contribution in [0.1, 0.15) is 5.56 Å². The zero-order chi connectivity index (χ0) is 21.8. The second-order valence-electron chi connectivity index (χ2n) is 6.98. The molecule has 0 aliphatic heterocycles. The zero-order valence-corrected chi connectivity index (χ0v) is 17.7. The minimum Gasteiger partial charge on any atom is -0.504 e. The maximum absolute atomic E-state index is 12.9. The predicted molar refractivity (Wildman–Crippen MR) is 123 cm³/mol. The van der Waals surface area contributed by atoms with Crippen molar-refractivity contribution in [2.45, 2.75) is 11.4 Å². The summed E-state index contributed by atoms with van der Waals surface area (Å²) < 4.78 is 33.5. The summed E-state index contributed by atoms with van der Waals surface area (Å²) in [5.74, 6) is 0.483. The Hall–Kier alpha value is -3.71. The van der Waals surface area contributed by atoms with Crippen LogP contribution >= 0.6 is 0 Å². The fourth-order valence-electron chi connectivity index (χ4n) is 3.34. The van der Waals surface area contributed by atoms with Crippen molar-refractivity contribution < 1.29 is 18.3 Å². The standard InChI is InChI=1S/C24H22N2O4S/c1-30-23-11-5-8-18(24(23)27)16-25-19-12-14-20(15-13-19)31(28,29)26-22-10-4-7-17-6-2-3-9-21(17)22/h2-15,25-27H,16H2,1H3. The van der Waals surface area contributed by atoms with Gasteiger partial charge in [-0.15, -0.1) is 0 Å². The van der Waals surface area contributed by atoms with Crippen molar-refractivity contribution in [3.05, 3.63) is 90.5 Å². The van der Waals surface area contributed by atoms with Crippen LogP contribution < -0.4 is 14.8 Å². The van der Waals surface area contributed by atoms with Gasteiger partial charge in [-0.2, -0.15) is 0 Å². The summed E-state index contributed by atoms with van der Waals surface area (Å²) in [5, 5.41) is 15.2. The summed E-state index contributed by atoms with van der Waals surface area (Å²) in [6, 6.07) is 24.8. The average molecular weight is 435 g/mol. The number of phenols is 1. The molecule has 0 saturated carbocycles. The molecule has 0 amide bonds. The Bertz CT molecular complexity index is 1310. The van der Waals surface area contributed by atoms with Crippen molar-refractivity contribution in [1.29, 1.82) is 0 Å². The molecule has 0 atom stereocenters. The number of nitrogens with one attached hydrogen (secondary N) is 2. The Morgan fingerprint density at radius 3 is 2.35 bits per heavy atom. The number of benzene rings is 4. The number of hydrogen-bond acceptors (Lipinski definition) is 5. The second-order valence-corrected chi connectivity index (χ2v) is 8.66. The summed E-state index contributed by atoms with van der Waals surface area (Å²) in [6.07, 6.45) is 0. The van der Waals surface area contributed by atoms with Gasteiger partial charge in [0.25, 0.3) is 10.0 Å². The van der Waals surface area contributed by atoms with Gasteiger partial charge in [-0.1, -0.05) is 48.5 Å². The molecule has 158 valence electrons. The third-order valence-corrected chi connectivity index (χ3v) is 6.37. The molecule has 6 nitrogen and oxygen atoms in total. The lowest BCUT2D eigenvalue weighted by Crippen LogP contribution is -2.13. The number of aromatic hydroxyl groups is 1. The third-order valence-electron chi connectivity index (χ3n) is 4.98. The molecule has 4 aromatic rings. The van der Waals surface area contributed by atoms with Gasteiger partial charge in [-0.25, -0.2) is 8.42 Å². The zero-order valence-electron chi connectivity index (χ0n) is 16.9. The van der Waals surface area contributed by atoms with Crippen LogP contribution in [0.2, 0.25) is 0 Å². The Kier molecular flexibility index (Phi) is 5.68. The summed E-state index contributed by atoms with van der Waals surface area (Å²) >= 11 is 0. The van der Waals surface area contributed by atoms with Gasteiger partial charge in [0, 0.05) is 23.2 Å². The lowest BCUT2D eigenvalue weighted by Gasteiger charge is -2.13. The lowest BCUT2D eigenvalue weighted by molar-refractivity contribution is 0.371. The Balaban J connectivity index is 1.49. The number of fused-ring (bicyclic) bond motifs is 1. The van der Waals surface area contributed by atoms with Crippen LogP contribution in [0, 0.1) is 0 Å². The monoisotopic (exact) mass is 434 g/mol. The Morgan fingerprint density at radius 2 is 1.58 bits per heavy atom. The highest BCUT2D eigenvalue weighted by Gasteiger charge is 2.15. The number of anilines is 2. The summed E-state index contributed by atoms with van der Waals surface area (Å²) in [7, 11) is -2.24. The molecule has 0 unspecified atom stereocenters. The van der Waals surface area contributed by atoms with Gasteiger partial charge in [0.2, 0.25) is 0 Å². The molecule has 4 aromatic carbocycles. The topological polar surface area (TPSA) is 87.7 Å². The first-order valence-electron chi connectivity index (χ1n) is 9.67. The quantitative estimate of drug-likeness (QED) is 0.382. The molecule has 31 heavy (non-hydrogen) atoms. The van der Waals surface area contributed by atoms with Gasteiger partial charge in [0.15, 0.2) is 11.5 Å². The molecule has 0 heterocycles. The molecule has 0 aliphatic rings. The largest absolute Gasteiger partial charge is 0.504 e. The van der Waals surface area contributed by atoms with E-state index in [0.717, 1.165) is 16.5 Å². The number of ether oxygens (including phenoxy) is 1. The molecule has 7 heteroatoms. The molecule has 0 spiro atoms. The van der Waals surface area contributed by atoms with Gasteiger partial charge in [0.05, 0.1) is 17.7 Å². The minimum atomic E-state index is -3.74. The van der Waals surface area contributed by atoms with Crippen LogP contribution in [0.5, 0.6) is 11.5 Å². The van der Waals surface area contributed by atoms with Crippen molar-refractivity contribution in [2.24, 2.45) is 0 Å². The maximum Gasteiger partial charge on any atom is 0.261 e. The molecule has 0 fully saturated rings. The summed E-state index contributed by atoms with van der Waals surface area (Å²) in [4.78, 5) is 0.162. The van der Waals surface area contributed by atoms with Crippen LogP contribution in [0.4, 0.5) is 11.4 Å². The van der Waals surface area contributed by atoms with Crippen molar-refractivity contribution in [3.63, 3.8) is 0 Å². The average Bonchev–Trinajstić information content (AvgIpc) is 2.79. The normalized spacial score (nSPS) is 11.3. The van der Waals surface area contributed by atoms with Crippen LogP contribution in [-0.4, -0.2) is 20.6 Å². The fourth-order valence-corrected chi connectivity index (χ4v) is 4.42. The van der Waals surface area contributed by atoms with E-state index < -0.39 is 10.0 Å². The van der Waals surface area contributed by atoms with Gasteiger partial charge in [-0.3, -0.25) is 4.72 Å². The van der Waals surface area contributed by atoms with E-state index in [4.69, 9.17) is 4.74 Å². The van der Waals surface area contributed by atoms with E-state index in [2.05, 4.69) is 10.0 Å². The number of methoxy groups -OCH3 is 1. The molecule has 4 rings (SSSR count). The van der Waals surface area contributed by atoms with Crippen molar-refractivity contribution >= 4 is 32.2 Å². The van der Waals surface area contributed by atoms with Gasteiger partial charge in [0.1, 0.15) is 0 Å². The second kappa shape index (κ2) is 8.57. The highest BCUT2D eigenvalue weighted by atomic mass is 32.2. The van der Waals surface area contributed by atoms with E-state index in [-0.39, 0.29) is 10.6 Å². The predicted octanol–water partition coefficient (Wildman–Crippen LogP) is 4.97. The molecular weight excluding hydrogens is 412 g/mol. The minimum absolute atomic E-state index is 0.0796. The molecule has 0 aromatic heterocycles. The number of para-hydroxylation sites is 1. The summed E-state index contributed by atoms with van der Waals surface area (Å²) in [6.45, 7) is 0.364. The van der Waals surface area contributed by atoms with Crippen LogP contribution in [0.25, 0.3) is 10.8 Å². The highest BCUT2D eigenvalue weighted by molar-refractivity contribution is 7.92. The Labute approximate surface area is 181 Å². The Morgan fingerprint density at radius 1 is 0.871 bits per heavy atom. The number of rotatable bonds is 7. The molecule has 0 bridgehead atoms. The van der Waals surface area contributed by atoms with E-state index in [1.807, 2.05) is 36.4 Å². The van der Waals surface area contributed by atoms with Crippen LogP contribution in [0.15, 0.2) is 89.8 Å². The maximum atomic E-state index is 12.9. The van der Waals surface area contributed by atoms with Crippen LogP contribution in [0.3, 0.4) is 0 Å². The third kappa shape index (κ3) is 4.41. The molecule has 0 aliphatic carbocycles. The fraction of sp³-hybridized carbons (Fsp3) is 0.0833. The van der Waals surface area contributed by atoms with E-state index in [1.54, 1.807) is 48.5 Å². The first-order valence-corrected chi connectivity index (χ1v) is 11.2. The van der Waals surface area contributed by atoms with E-state index in [9.17, 15) is 13.5 Å². The van der Waals surface area contributed by atoms with Crippen molar-refractivity contribution in [3.8, 4) is 11.5 Å². The van der Waals surface area contributed by atoms with E-state index in [1.165, 1.54) is 7.11 Å². The molecule has 0 saturated heterocycles. The number of sulfonamides is 1.